The van der Waals surface area contributed by atoms with Gasteiger partial charge in [-0.25, -0.2) is 9.98 Å². The molecule has 0 saturated heterocycles. The zero-order valence-corrected chi connectivity index (χ0v) is 12.1. The van der Waals surface area contributed by atoms with E-state index in [0.29, 0.717) is 0 Å². The van der Waals surface area contributed by atoms with Gasteiger partial charge in [0.25, 0.3) is 0 Å². The molecule has 2 aromatic carbocycles. The predicted molar refractivity (Wildman–Crippen MR) is 84.6 cm³/mol. The van der Waals surface area contributed by atoms with Gasteiger partial charge in [-0.1, -0.05) is 41.2 Å². The normalized spacial score (nSPS) is 11.3. The minimum atomic E-state index is 0.758. The second kappa shape index (κ2) is 5.43. The summed E-state index contributed by atoms with van der Waals surface area (Å²) in [5.74, 6) is 0.843. The smallest absolute Gasteiger partial charge is 0.210 e. The number of aliphatic imine (C=N–C) groups is 1. The Kier molecular flexibility index (Phi) is 3.48. The van der Waals surface area contributed by atoms with Gasteiger partial charge in [-0.15, -0.1) is 0 Å². The van der Waals surface area contributed by atoms with Crippen LogP contribution in [0.15, 0.2) is 47.5 Å². The van der Waals surface area contributed by atoms with Crippen LogP contribution in [-0.2, 0) is 0 Å². The molecule has 3 rings (SSSR count). The van der Waals surface area contributed by atoms with Crippen LogP contribution in [0.3, 0.4) is 0 Å². The Morgan fingerprint density at radius 2 is 1.95 bits per heavy atom. The summed E-state index contributed by atoms with van der Waals surface area (Å²) in [6, 6.07) is 14.1. The van der Waals surface area contributed by atoms with Crippen molar-refractivity contribution in [3.8, 4) is 5.75 Å². The highest BCUT2D eigenvalue weighted by Crippen LogP contribution is 2.30. The highest BCUT2D eigenvalue weighted by atomic mass is 32.1. The first kappa shape index (κ1) is 12.8. The Morgan fingerprint density at radius 3 is 2.70 bits per heavy atom. The molecule has 0 fully saturated rings. The number of benzene rings is 2. The van der Waals surface area contributed by atoms with Crippen LogP contribution < -0.4 is 4.74 Å². The summed E-state index contributed by atoms with van der Waals surface area (Å²) in [7, 11) is 1.67. The van der Waals surface area contributed by atoms with Gasteiger partial charge in [0, 0.05) is 6.21 Å². The summed E-state index contributed by atoms with van der Waals surface area (Å²) < 4.78 is 6.30. The molecule has 4 heteroatoms. The molecule has 0 aliphatic rings. The minimum Gasteiger partial charge on any atom is -0.497 e. The first-order valence-electron chi connectivity index (χ1n) is 6.30. The maximum Gasteiger partial charge on any atom is 0.210 e. The van der Waals surface area contributed by atoms with Gasteiger partial charge >= 0.3 is 0 Å². The molecule has 20 heavy (non-hydrogen) atoms. The first-order chi connectivity index (χ1) is 9.74. The lowest BCUT2D eigenvalue weighted by Crippen LogP contribution is -1.80. The van der Waals surface area contributed by atoms with Crippen LogP contribution in [0.2, 0.25) is 0 Å². The maximum atomic E-state index is 5.21. The largest absolute Gasteiger partial charge is 0.497 e. The number of aromatic nitrogens is 1. The molecule has 100 valence electrons. The standard InChI is InChI=1S/C16H14N2OS/c1-11-3-5-12(6-4-11)10-17-16-18-14-8-7-13(19-2)9-15(14)20-16/h3-10H,1-2H3/b17-10+. The molecular weight excluding hydrogens is 268 g/mol. The number of hydrogen-bond donors (Lipinski definition) is 0. The second-order valence-electron chi connectivity index (χ2n) is 4.50. The van der Waals surface area contributed by atoms with E-state index in [-0.39, 0.29) is 0 Å². The molecule has 0 N–H and O–H groups in total. The number of fused-ring (bicyclic) bond motifs is 1. The fourth-order valence-electron chi connectivity index (χ4n) is 1.86. The molecule has 3 aromatic rings. The van der Waals surface area contributed by atoms with Crippen LogP contribution in [0.1, 0.15) is 11.1 Å². The summed E-state index contributed by atoms with van der Waals surface area (Å²) in [6.45, 7) is 2.07. The van der Waals surface area contributed by atoms with E-state index in [1.165, 1.54) is 5.56 Å². The molecule has 0 amide bonds. The van der Waals surface area contributed by atoms with Crippen LogP contribution in [-0.4, -0.2) is 18.3 Å². The Bertz CT molecular complexity index is 760. The van der Waals surface area contributed by atoms with E-state index < -0.39 is 0 Å². The van der Waals surface area contributed by atoms with Gasteiger partial charge in [-0.2, -0.15) is 0 Å². The molecule has 0 atom stereocenters. The molecule has 0 bridgehead atoms. The van der Waals surface area contributed by atoms with Crippen molar-refractivity contribution in [3.05, 3.63) is 53.6 Å². The van der Waals surface area contributed by atoms with E-state index in [1.807, 2.05) is 24.4 Å². The molecule has 0 aliphatic carbocycles. The van der Waals surface area contributed by atoms with E-state index in [1.54, 1.807) is 18.4 Å². The van der Waals surface area contributed by atoms with E-state index in [0.717, 1.165) is 26.7 Å². The number of thiazole rings is 1. The van der Waals surface area contributed by atoms with Crippen LogP contribution in [0.5, 0.6) is 5.75 Å². The lowest BCUT2D eigenvalue weighted by molar-refractivity contribution is 0.415. The van der Waals surface area contributed by atoms with E-state index in [2.05, 4.69) is 41.2 Å². The van der Waals surface area contributed by atoms with Gasteiger partial charge < -0.3 is 4.74 Å². The molecule has 0 saturated carbocycles. The van der Waals surface area contributed by atoms with E-state index in [4.69, 9.17) is 4.74 Å². The number of aryl methyl sites for hydroxylation is 1. The van der Waals surface area contributed by atoms with Crippen molar-refractivity contribution in [3.63, 3.8) is 0 Å². The topological polar surface area (TPSA) is 34.5 Å². The van der Waals surface area contributed by atoms with Crippen molar-refractivity contribution in [2.24, 2.45) is 4.99 Å². The molecule has 0 spiro atoms. The maximum absolute atomic E-state index is 5.21. The highest BCUT2D eigenvalue weighted by Gasteiger charge is 2.03. The van der Waals surface area contributed by atoms with Gasteiger partial charge in [0.1, 0.15) is 5.75 Å². The van der Waals surface area contributed by atoms with E-state index in [9.17, 15) is 0 Å². The zero-order chi connectivity index (χ0) is 13.9. The molecule has 0 aliphatic heterocycles. The fourth-order valence-corrected chi connectivity index (χ4v) is 2.70. The third-order valence-electron chi connectivity index (χ3n) is 2.99. The fraction of sp³-hybridized carbons (Fsp3) is 0.125. The van der Waals surface area contributed by atoms with Crippen LogP contribution >= 0.6 is 11.3 Å². The quantitative estimate of drug-likeness (QED) is 0.669. The van der Waals surface area contributed by atoms with Gasteiger partial charge in [0.2, 0.25) is 5.13 Å². The van der Waals surface area contributed by atoms with E-state index >= 15 is 0 Å². The minimum absolute atomic E-state index is 0.758. The van der Waals surface area contributed by atoms with Crippen molar-refractivity contribution in [2.45, 2.75) is 6.92 Å². The van der Waals surface area contributed by atoms with Gasteiger partial charge in [-0.3, -0.25) is 0 Å². The van der Waals surface area contributed by atoms with Crippen molar-refractivity contribution < 1.29 is 4.74 Å². The Labute approximate surface area is 121 Å². The first-order valence-corrected chi connectivity index (χ1v) is 7.11. The number of methoxy groups -OCH3 is 1. The van der Waals surface area contributed by atoms with Crippen molar-refractivity contribution >= 4 is 32.9 Å². The Morgan fingerprint density at radius 1 is 1.15 bits per heavy atom. The number of rotatable bonds is 3. The summed E-state index contributed by atoms with van der Waals surface area (Å²) in [5, 5.41) is 0.758. The Hall–Kier alpha value is -2.20. The molecular formula is C16H14N2OS. The monoisotopic (exact) mass is 282 g/mol. The number of hydrogen-bond acceptors (Lipinski definition) is 4. The zero-order valence-electron chi connectivity index (χ0n) is 11.3. The second-order valence-corrected chi connectivity index (χ2v) is 5.51. The number of nitrogens with zero attached hydrogens (tertiary/aromatic N) is 2. The molecule has 0 unspecified atom stereocenters. The molecule has 1 aromatic heterocycles. The predicted octanol–water partition coefficient (Wildman–Crippen LogP) is 4.36. The molecule has 3 nitrogen and oxygen atoms in total. The third-order valence-corrected chi connectivity index (χ3v) is 3.91. The summed E-state index contributed by atoms with van der Waals surface area (Å²) in [5.41, 5.74) is 3.27. The molecule has 1 heterocycles. The van der Waals surface area contributed by atoms with Crippen molar-refractivity contribution in [1.82, 2.24) is 4.98 Å². The molecule has 0 radical (unpaired) electrons. The lowest BCUT2D eigenvalue weighted by Gasteiger charge is -1.96. The highest BCUT2D eigenvalue weighted by molar-refractivity contribution is 7.22. The van der Waals surface area contributed by atoms with Crippen molar-refractivity contribution in [1.29, 1.82) is 0 Å². The van der Waals surface area contributed by atoms with Gasteiger partial charge in [0.15, 0.2) is 0 Å². The summed E-state index contributed by atoms with van der Waals surface area (Å²) in [4.78, 5) is 8.93. The average molecular weight is 282 g/mol. The van der Waals surface area contributed by atoms with Crippen LogP contribution in [0, 0.1) is 6.92 Å². The SMILES string of the molecule is COc1ccc2nc(/N=C/c3ccc(C)cc3)sc2c1. The van der Waals surface area contributed by atoms with Gasteiger partial charge in [-0.05, 0) is 30.7 Å². The third kappa shape index (κ3) is 2.70. The summed E-state index contributed by atoms with van der Waals surface area (Å²) >= 11 is 1.56. The van der Waals surface area contributed by atoms with Gasteiger partial charge in [0.05, 0.1) is 17.3 Å². The van der Waals surface area contributed by atoms with Crippen LogP contribution in [0.4, 0.5) is 5.13 Å². The summed E-state index contributed by atoms with van der Waals surface area (Å²) in [6.07, 6.45) is 1.84. The van der Waals surface area contributed by atoms with Crippen LogP contribution in [0.25, 0.3) is 10.2 Å². The lowest BCUT2D eigenvalue weighted by atomic mass is 10.2. The number of ether oxygens (including phenoxy) is 1. The van der Waals surface area contributed by atoms with Crippen molar-refractivity contribution in [2.75, 3.05) is 7.11 Å². The average Bonchev–Trinajstić information content (AvgIpc) is 2.88. The Balaban J connectivity index is 1.88.